The number of unbranched alkanes of at least 4 members (excludes halogenated alkanes) is 1. The van der Waals surface area contributed by atoms with Crippen LogP contribution in [0.3, 0.4) is 0 Å². The molecule has 0 aliphatic carbocycles. The molecular weight excluding hydrogens is 344 g/mol. The molecule has 1 N–H and O–H groups in total. The van der Waals surface area contributed by atoms with Crippen molar-refractivity contribution >= 4 is 21.9 Å². The fraction of sp³-hybridized carbons (Fsp3) is 0.412. The Labute approximate surface area is 147 Å². The molecule has 1 atom stereocenters. The van der Waals surface area contributed by atoms with Gasteiger partial charge in [-0.3, -0.25) is 9.59 Å². The summed E-state index contributed by atoms with van der Waals surface area (Å²) in [5, 5.41) is 9.13. The van der Waals surface area contributed by atoms with Crippen LogP contribution in [0.5, 0.6) is 0 Å². The lowest BCUT2D eigenvalue weighted by Crippen LogP contribution is -2.59. The number of benzene rings is 1. The average molecular weight is 366 g/mol. The van der Waals surface area contributed by atoms with E-state index in [2.05, 4.69) is 6.58 Å². The Morgan fingerprint density at radius 2 is 1.96 bits per heavy atom. The smallest absolute Gasteiger partial charge is 0.305 e. The fourth-order valence-electron chi connectivity index (χ4n) is 2.84. The van der Waals surface area contributed by atoms with E-state index >= 15 is 0 Å². The second-order valence-corrected chi connectivity index (χ2v) is 7.69. The minimum absolute atomic E-state index is 0.0540. The normalized spacial score (nSPS) is 19.0. The van der Waals surface area contributed by atoms with E-state index in [1.54, 1.807) is 24.3 Å². The summed E-state index contributed by atoms with van der Waals surface area (Å²) in [7, 11) is -3.93. The SMILES string of the molecule is C=CCCCN1CCN(S(=O)(=O)c2ccccc2)C(CC(=O)O)C1=O. The van der Waals surface area contributed by atoms with E-state index in [0.717, 1.165) is 10.7 Å². The highest BCUT2D eigenvalue weighted by Gasteiger charge is 2.42. The van der Waals surface area contributed by atoms with E-state index in [9.17, 15) is 18.0 Å². The van der Waals surface area contributed by atoms with E-state index < -0.39 is 34.4 Å². The van der Waals surface area contributed by atoms with Crippen LogP contribution in [0.2, 0.25) is 0 Å². The van der Waals surface area contributed by atoms with Gasteiger partial charge in [-0.25, -0.2) is 8.42 Å². The molecule has 0 spiro atoms. The average Bonchev–Trinajstić information content (AvgIpc) is 2.58. The predicted octanol–water partition coefficient (Wildman–Crippen LogP) is 1.33. The van der Waals surface area contributed by atoms with E-state index in [1.807, 2.05) is 0 Å². The quantitative estimate of drug-likeness (QED) is 0.553. The lowest BCUT2D eigenvalue weighted by molar-refractivity contribution is -0.146. The molecule has 136 valence electrons. The van der Waals surface area contributed by atoms with Gasteiger partial charge in [0.05, 0.1) is 11.3 Å². The van der Waals surface area contributed by atoms with Crippen molar-refractivity contribution in [2.24, 2.45) is 0 Å². The van der Waals surface area contributed by atoms with Crippen molar-refractivity contribution in [1.82, 2.24) is 9.21 Å². The number of piperazine rings is 1. The number of rotatable bonds is 8. The van der Waals surface area contributed by atoms with E-state index in [4.69, 9.17) is 5.11 Å². The van der Waals surface area contributed by atoms with Gasteiger partial charge in [-0.15, -0.1) is 6.58 Å². The highest BCUT2D eigenvalue weighted by Crippen LogP contribution is 2.24. The zero-order chi connectivity index (χ0) is 18.4. The number of nitrogens with zero attached hydrogens (tertiary/aromatic N) is 2. The van der Waals surface area contributed by atoms with Crippen LogP contribution in [0.25, 0.3) is 0 Å². The maximum Gasteiger partial charge on any atom is 0.305 e. The number of sulfonamides is 1. The molecule has 1 aromatic rings. The third-order valence-electron chi connectivity index (χ3n) is 4.09. The minimum atomic E-state index is -3.93. The molecule has 0 aromatic heterocycles. The first-order valence-corrected chi connectivity index (χ1v) is 9.50. The van der Waals surface area contributed by atoms with Gasteiger partial charge in [0.1, 0.15) is 6.04 Å². The number of carbonyl (C=O) groups is 2. The first-order chi connectivity index (χ1) is 11.9. The van der Waals surface area contributed by atoms with Gasteiger partial charge in [-0.05, 0) is 25.0 Å². The van der Waals surface area contributed by atoms with Crippen molar-refractivity contribution in [2.45, 2.75) is 30.2 Å². The summed E-state index contributed by atoms with van der Waals surface area (Å²) < 4.78 is 26.7. The summed E-state index contributed by atoms with van der Waals surface area (Å²) >= 11 is 0. The van der Waals surface area contributed by atoms with Crippen molar-refractivity contribution in [2.75, 3.05) is 19.6 Å². The minimum Gasteiger partial charge on any atom is -0.481 e. The van der Waals surface area contributed by atoms with Crippen LogP contribution in [-0.4, -0.2) is 60.3 Å². The Morgan fingerprint density at radius 3 is 2.56 bits per heavy atom. The molecule has 1 aliphatic heterocycles. The Hall–Kier alpha value is -2.19. The van der Waals surface area contributed by atoms with Crippen LogP contribution >= 0.6 is 0 Å². The number of amides is 1. The van der Waals surface area contributed by atoms with Crippen LogP contribution in [0.4, 0.5) is 0 Å². The third kappa shape index (κ3) is 4.46. The number of hydrogen-bond donors (Lipinski definition) is 1. The zero-order valence-corrected chi connectivity index (χ0v) is 14.7. The first-order valence-electron chi connectivity index (χ1n) is 8.06. The summed E-state index contributed by atoms with van der Waals surface area (Å²) in [4.78, 5) is 25.4. The number of allylic oxidation sites excluding steroid dienone is 1. The number of carboxylic acid groups (broad SMARTS) is 1. The van der Waals surface area contributed by atoms with Gasteiger partial charge in [0.2, 0.25) is 15.9 Å². The third-order valence-corrected chi connectivity index (χ3v) is 6.01. The Kier molecular flexibility index (Phi) is 6.33. The molecule has 1 heterocycles. The van der Waals surface area contributed by atoms with E-state index in [1.165, 1.54) is 17.0 Å². The molecule has 2 rings (SSSR count). The monoisotopic (exact) mass is 366 g/mol. The molecule has 1 aromatic carbocycles. The van der Waals surface area contributed by atoms with Crippen molar-refractivity contribution in [3.05, 3.63) is 43.0 Å². The molecule has 0 saturated carbocycles. The molecule has 1 unspecified atom stereocenters. The Morgan fingerprint density at radius 1 is 1.28 bits per heavy atom. The standard InChI is InChI=1S/C17H22N2O5S/c1-2-3-7-10-18-11-12-19(15(17(18)22)13-16(20)21)25(23,24)14-8-5-4-6-9-14/h2,4-6,8-9,15H,1,3,7,10-13H2,(H,20,21). The van der Waals surface area contributed by atoms with Crippen LogP contribution in [0.15, 0.2) is 47.9 Å². The second kappa shape index (κ2) is 8.26. The summed E-state index contributed by atoms with van der Waals surface area (Å²) in [6, 6.07) is 6.53. The lowest BCUT2D eigenvalue weighted by Gasteiger charge is -2.39. The van der Waals surface area contributed by atoms with Gasteiger partial charge in [0.25, 0.3) is 0 Å². The fourth-order valence-corrected chi connectivity index (χ4v) is 4.43. The van der Waals surface area contributed by atoms with E-state index in [-0.39, 0.29) is 18.0 Å². The van der Waals surface area contributed by atoms with Crippen LogP contribution < -0.4 is 0 Å². The van der Waals surface area contributed by atoms with Crippen LogP contribution in [-0.2, 0) is 19.6 Å². The topological polar surface area (TPSA) is 95.0 Å². The van der Waals surface area contributed by atoms with Gasteiger partial charge in [-0.1, -0.05) is 24.3 Å². The zero-order valence-electron chi connectivity index (χ0n) is 13.9. The molecule has 7 nitrogen and oxygen atoms in total. The van der Waals surface area contributed by atoms with Crippen molar-refractivity contribution < 1.29 is 23.1 Å². The van der Waals surface area contributed by atoms with Gasteiger partial charge in [0.15, 0.2) is 0 Å². The predicted molar refractivity (Wildman–Crippen MR) is 92.4 cm³/mol. The van der Waals surface area contributed by atoms with Gasteiger partial charge < -0.3 is 10.0 Å². The highest BCUT2D eigenvalue weighted by atomic mass is 32.2. The number of carboxylic acids is 1. The summed E-state index contributed by atoms with van der Waals surface area (Å²) in [6.45, 7) is 4.41. The highest BCUT2D eigenvalue weighted by molar-refractivity contribution is 7.89. The molecule has 1 aliphatic rings. The van der Waals surface area contributed by atoms with Crippen LogP contribution in [0, 0.1) is 0 Å². The maximum absolute atomic E-state index is 12.8. The number of carbonyl (C=O) groups excluding carboxylic acids is 1. The number of hydrogen-bond acceptors (Lipinski definition) is 4. The molecule has 1 saturated heterocycles. The van der Waals surface area contributed by atoms with Gasteiger partial charge in [-0.2, -0.15) is 4.31 Å². The Bertz CT molecular complexity index is 733. The first kappa shape index (κ1) is 19.1. The molecular formula is C17H22N2O5S. The lowest BCUT2D eigenvalue weighted by atomic mass is 10.1. The molecule has 1 fully saturated rings. The van der Waals surface area contributed by atoms with Crippen LogP contribution in [0.1, 0.15) is 19.3 Å². The summed E-state index contributed by atoms with van der Waals surface area (Å²) in [5.41, 5.74) is 0. The van der Waals surface area contributed by atoms with Gasteiger partial charge >= 0.3 is 5.97 Å². The maximum atomic E-state index is 12.8. The molecule has 25 heavy (non-hydrogen) atoms. The molecule has 0 bridgehead atoms. The van der Waals surface area contributed by atoms with Crippen molar-refractivity contribution in [3.63, 3.8) is 0 Å². The van der Waals surface area contributed by atoms with Gasteiger partial charge in [0, 0.05) is 19.6 Å². The summed E-state index contributed by atoms with van der Waals surface area (Å²) in [6.07, 6.45) is 2.64. The largest absolute Gasteiger partial charge is 0.481 e. The van der Waals surface area contributed by atoms with E-state index in [0.29, 0.717) is 13.0 Å². The number of aliphatic carboxylic acids is 1. The summed E-state index contributed by atoms with van der Waals surface area (Å²) in [5.74, 6) is -1.67. The Balaban J connectivity index is 2.27. The molecule has 1 amide bonds. The molecule has 0 radical (unpaired) electrons. The van der Waals surface area contributed by atoms with Crippen molar-refractivity contribution in [1.29, 1.82) is 0 Å². The second-order valence-electron chi connectivity index (χ2n) is 5.80. The molecule has 8 heteroatoms. The van der Waals surface area contributed by atoms with Crippen molar-refractivity contribution in [3.8, 4) is 0 Å².